The minimum Gasteiger partial charge on any atom is -0.302 e. The van der Waals surface area contributed by atoms with Gasteiger partial charge < -0.3 is 4.57 Å². The Labute approximate surface area is 169 Å². The molecule has 1 unspecified atom stereocenters. The first-order valence-corrected chi connectivity index (χ1v) is 10.7. The van der Waals surface area contributed by atoms with Crippen LogP contribution in [0, 0.1) is 0 Å². The average Bonchev–Trinajstić information content (AvgIpc) is 3.35. The number of Topliss-reactive ketones (excluding diaryl/α,β-unsaturated/α-hetero) is 1. The Morgan fingerprint density at radius 2 is 1.93 bits per heavy atom. The normalized spacial score (nSPS) is 14.1. The Balaban J connectivity index is 1.56. The Morgan fingerprint density at radius 1 is 1.14 bits per heavy atom. The fourth-order valence-corrected chi connectivity index (χ4v) is 4.64. The minimum atomic E-state index is -0.218. The van der Waals surface area contributed by atoms with Gasteiger partial charge >= 0.3 is 0 Å². The summed E-state index contributed by atoms with van der Waals surface area (Å²) in [7, 11) is 0. The van der Waals surface area contributed by atoms with Crippen LogP contribution in [0.1, 0.15) is 48.2 Å². The van der Waals surface area contributed by atoms with Crippen LogP contribution in [0.15, 0.2) is 47.9 Å². The molecular formula is C22H24N4OS. The first-order chi connectivity index (χ1) is 13.7. The van der Waals surface area contributed by atoms with Crippen LogP contribution in [-0.4, -0.2) is 30.8 Å². The Kier molecular flexibility index (Phi) is 5.57. The molecule has 0 saturated heterocycles. The zero-order valence-electron chi connectivity index (χ0n) is 16.3. The van der Waals surface area contributed by atoms with Crippen molar-refractivity contribution in [1.82, 2.24) is 19.7 Å². The molecule has 1 atom stereocenters. The van der Waals surface area contributed by atoms with Gasteiger partial charge in [-0.1, -0.05) is 30.8 Å². The molecule has 0 bridgehead atoms. The maximum atomic E-state index is 13.0. The van der Waals surface area contributed by atoms with E-state index in [-0.39, 0.29) is 11.0 Å². The molecule has 0 radical (unpaired) electrons. The molecule has 0 fully saturated rings. The number of aromatic nitrogens is 4. The molecule has 2 aromatic heterocycles. The summed E-state index contributed by atoms with van der Waals surface area (Å²) in [5.41, 5.74) is 4.51. The first kappa shape index (κ1) is 18.9. The number of carbonyl (C=O) groups is 1. The summed E-state index contributed by atoms with van der Waals surface area (Å²) >= 11 is 1.49. The van der Waals surface area contributed by atoms with Crippen LogP contribution in [-0.2, 0) is 19.4 Å². The molecule has 0 N–H and O–H groups in total. The highest BCUT2D eigenvalue weighted by atomic mass is 32.2. The van der Waals surface area contributed by atoms with E-state index in [0.717, 1.165) is 47.9 Å². The largest absolute Gasteiger partial charge is 0.302 e. The van der Waals surface area contributed by atoms with Crippen molar-refractivity contribution >= 4 is 17.5 Å². The number of ketones is 1. The van der Waals surface area contributed by atoms with E-state index in [1.165, 1.54) is 29.3 Å². The predicted molar refractivity (Wildman–Crippen MR) is 112 cm³/mol. The van der Waals surface area contributed by atoms with Crippen molar-refractivity contribution in [3.8, 4) is 11.4 Å². The van der Waals surface area contributed by atoms with Crippen LogP contribution in [0.25, 0.3) is 11.4 Å². The zero-order valence-corrected chi connectivity index (χ0v) is 17.1. The lowest BCUT2D eigenvalue weighted by Crippen LogP contribution is -2.15. The van der Waals surface area contributed by atoms with Gasteiger partial charge in [-0.3, -0.25) is 9.78 Å². The third kappa shape index (κ3) is 3.74. The Morgan fingerprint density at radius 3 is 2.71 bits per heavy atom. The number of fused-ring (bicyclic) bond motifs is 1. The summed E-state index contributed by atoms with van der Waals surface area (Å²) in [6, 6.07) is 10.0. The highest BCUT2D eigenvalue weighted by Crippen LogP contribution is 2.30. The van der Waals surface area contributed by atoms with Gasteiger partial charge in [-0.25, -0.2) is 0 Å². The SMILES string of the molecule is CCCn1c(SC(C)C(=O)c2ccc3c(c2)CCC3)nnc1-c1ccncc1. The zero-order chi connectivity index (χ0) is 19.5. The summed E-state index contributed by atoms with van der Waals surface area (Å²) < 4.78 is 2.10. The number of pyridine rings is 1. The molecule has 0 amide bonds. The highest BCUT2D eigenvalue weighted by Gasteiger charge is 2.23. The summed E-state index contributed by atoms with van der Waals surface area (Å²) in [5, 5.41) is 9.35. The number of aryl methyl sites for hydroxylation is 2. The number of hydrogen-bond acceptors (Lipinski definition) is 5. The van der Waals surface area contributed by atoms with E-state index in [1.54, 1.807) is 12.4 Å². The lowest BCUT2D eigenvalue weighted by Gasteiger charge is -2.13. The minimum absolute atomic E-state index is 0.149. The van der Waals surface area contributed by atoms with Gasteiger partial charge in [0.05, 0.1) is 5.25 Å². The topological polar surface area (TPSA) is 60.7 Å². The van der Waals surface area contributed by atoms with Crippen molar-refractivity contribution < 1.29 is 4.79 Å². The molecule has 1 aromatic carbocycles. The summed E-state index contributed by atoms with van der Waals surface area (Å²) in [6.45, 7) is 4.90. The molecular weight excluding hydrogens is 368 g/mol. The number of thioether (sulfide) groups is 1. The van der Waals surface area contributed by atoms with Crippen molar-refractivity contribution in [2.24, 2.45) is 0 Å². The molecule has 1 aliphatic rings. The smallest absolute Gasteiger partial charge is 0.192 e. The van der Waals surface area contributed by atoms with E-state index in [4.69, 9.17) is 0 Å². The van der Waals surface area contributed by atoms with Crippen LogP contribution in [0.2, 0.25) is 0 Å². The van der Waals surface area contributed by atoms with Gasteiger partial charge in [0.25, 0.3) is 0 Å². The fraction of sp³-hybridized carbons (Fsp3) is 0.364. The van der Waals surface area contributed by atoms with Gasteiger partial charge in [0.15, 0.2) is 16.8 Å². The summed E-state index contributed by atoms with van der Waals surface area (Å²) in [5.74, 6) is 0.972. The number of benzene rings is 1. The fourth-order valence-electron chi connectivity index (χ4n) is 3.69. The van der Waals surface area contributed by atoms with E-state index >= 15 is 0 Å². The van der Waals surface area contributed by atoms with Crippen molar-refractivity contribution in [1.29, 1.82) is 0 Å². The summed E-state index contributed by atoms with van der Waals surface area (Å²) in [6.07, 6.45) is 7.89. The molecule has 4 rings (SSSR count). The first-order valence-electron chi connectivity index (χ1n) is 9.83. The van der Waals surface area contributed by atoms with Crippen molar-refractivity contribution in [3.63, 3.8) is 0 Å². The standard InChI is InChI=1S/C22H24N4OS/c1-3-13-26-21(17-9-11-23-12-10-17)24-25-22(26)28-15(2)20(27)19-8-7-16-5-4-6-18(16)14-19/h7-12,14-15H,3-6,13H2,1-2H3. The maximum Gasteiger partial charge on any atom is 0.192 e. The molecule has 5 nitrogen and oxygen atoms in total. The van der Waals surface area contributed by atoms with Crippen LogP contribution < -0.4 is 0 Å². The van der Waals surface area contributed by atoms with E-state index in [9.17, 15) is 4.79 Å². The lowest BCUT2D eigenvalue weighted by molar-refractivity contribution is 0.0993. The molecule has 0 aliphatic heterocycles. The third-order valence-electron chi connectivity index (χ3n) is 5.14. The van der Waals surface area contributed by atoms with Gasteiger partial charge in [-0.2, -0.15) is 0 Å². The third-order valence-corrected chi connectivity index (χ3v) is 6.22. The quantitative estimate of drug-likeness (QED) is 0.434. The van der Waals surface area contributed by atoms with Crippen molar-refractivity contribution in [3.05, 3.63) is 59.4 Å². The average molecular weight is 393 g/mol. The van der Waals surface area contributed by atoms with Gasteiger partial charge in [0.2, 0.25) is 0 Å². The molecule has 3 aromatic rings. The van der Waals surface area contributed by atoms with Crippen LogP contribution in [0.5, 0.6) is 0 Å². The predicted octanol–water partition coefficient (Wildman–Crippen LogP) is 4.60. The van der Waals surface area contributed by atoms with E-state index in [0.29, 0.717) is 0 Å². The van der Waals surface area contributed by atoms with Gasteiger partial charge in [-0.05, 0) is 61.9 Å². The Hall–Kier alpha value is -2.47. The molecule has 0 spiro atoms. The molecule has 0 saturated carbocycles. The van der Waals surface area contributed by atoms with Gasteiger partial charge in [-0.15, -0.1) is 10.2 Å². The van der Waals surface area contributed by atoms with Gasteiger partial charge in [0.1, 0.15) is 0 Å². The molecule has 6 heteroatoms. The van der Waals surface area contributed by atoms with Crippen molar-refractivity contribution in [2.75, 3.05) is 0 Å². The number of nitrogens with zero attached hydrogens (tertiary/aromatic N) is 4. The van der Waals surface area contributed by atoms with Crippen LogP contribution in [0.4, 0.5) is 0 Å². The number of hydrogen-bond donors (Lipinski definition) is 0. The van der Waals surface area contributed by atoms with Crippen molar-refractivity contribution in [2.45, 2.75) is 56.5 Å². The molecule has 1 aliphatic carbocycles. The maximum absolute atomic E-state index is 13.0. The van der Waals surface area contributed by atoms with Crippen LogP contribution in [0.3, 0.4) is 0 Å². The molecule has 2 heterocycles. The van der Waals surface area contributed by atoms with E-state index in [2.05, 4.69) is 38.8 Å². The second-order valence-electron chi connectivity index (χ2n) is 7.16. The second-order valence-corrected chi connectivity index (χ2v) is 8.46. The second kappa shape index (κ2) is 8.27. The van der Waals surface area contributed by atoms with Gasteiger partial charge in [0, 0.05) is 30.1 Å². The van der Waals surface area contributed by atoms with Crippen LogP contribution >= 0.6 is 11.8 Å². The molecule has 28 heavy (non-hydrogen) atoms. The lowest BCUT2D eigenvalue weighted by atomic mass is 10.0. The monoisotopic (exact) mass is 392 g/mol. The van der Waals surface area contributed by atoms with E-state index in [1.807, 2.05) is 25.1 Å². The Bertz CT molecular complexity index is 983. The summed E-state index contributed by atoms with van der Waals surface area (Å²) in [4.78, 5) is 17.1. The highest BCUT2D eigenvalue weighted by molar-refractivity contribution is 8.00. The van der Waals surface area contributed by atoms with E-state index < -0.39 is 0 Å². The molecule has 144 valence electrons. The number of rotatable bonds is 7. The number of carbonyl (C=O) groups excluding carboxylic acids is 1.